The zero-order valence-electron chi connectivity index (χ0n) is 16.8. The Labute approximate surface area is 180 Å². The summed E-state index contributed by atoms with van der Waals surface area (Å²) < 4.78 is 33.0. The number of thiazole rings is 1. The molecule has 8 heteroatoms. The first kappa shape index (κ1) is 19.9. The number of nitrogens with zero attached hydrogens (tertiary/aromatic N) is 2. The Bertz CT molecular complexity index is 1100. The number of sulfonamides is 1. The highest BCUT2D eigenvalue weighted by molar-refractivity contribution is 7.88. The van der Waals surface area contributed by atoms with Crippen LogP contribution in [0.2, 0.25) is 0 Å². The summed E-state index contributed by atoms with van der Waals surface area (Å²) in [6.07, 6.45) is 5.32. The van der Waals surface area contributed by atoms with E-state index in [9.17, 15) is 8.42 Å². The van der Waals surface area contributed by atoms with Crippen LogP contribution in [0.3, 0.4) is 0 Å². The van der Waals surface area contributed by atoms with Crippen LogP contribution in [0.5, 0.6) is 10.9 Å². The number of nitrogens with one attached hydrogen (secondary N) is 1. The summed E-state index contributed by atoms with van der Waals surface area (Å²) in [5.41, 5.74) is 2.21. The second kappa shape index (κ2) is 7.92. The lowest BCUT2D eigenvalue weighted by molar-refractivity contribution is 0.116. The van der Waals surface area contributed by atoms with Crippen LogP contribution in [0.25, 0.3) is 10.2 Å². The Morgan fingerprint density at radius 1 is 1.10 bits per heavy atom. The quantitative estimate of drug-likeness (QED) is 0.620. The number of aromatic nitrogens is 1. The molecule has 0 amide bonds. The molecule has 1 aromatic heterocycles. The fraction of sp³-hybridized carbons (Fsp3) is 0.409. The van der Waals surface area contributed by atoms with Gasteiger partial charge in [0.25, 0.3) is 5.19 Å². The van der Waals surface area contributed by atoms with E-state index in [0.29, 0.717) is 17.3 Å². The van der Waals surface area contributed by atoms with Crippen molar-refractivity contribution in [2.24, 2.45) is 0 Å². The number of hydrogen-bond donors (Lipinski definition) is 1. The smallest absolute Gasteiger partial charge is 0.279 e. The highest BCUT2D eigenvalue weighted by atomic mass is 32.2. The average Bonchev–Trinajstić information content (AvgIpc) is 3.19. The molecule has 0 spiro atoms. The van der Waals surface area contributed by atoms with E-state index in [-0.39, 0.29) is 6.04 Å². The second-order valence-electron chi connectivity index (χ2n) is 8.31. The maximum atomic E-state index is 11.6. The van der Waals surface area contributed by atoms with E-state index in [1.807, 2.05) is 36.4 Å². The SMILES string of the molecule is CS(=O)(=O)N[C@H]1CC2CC[C@@H](C1)N2Cc1ccc(Oc2nc3ccccc3s2)cc1. The van der Waals surface area contributed by atoms with Gasteiger partial charge in [0, 0.05) is 24.7 Å². The number of piperidine rings is 1. The zero-order valence-corrected chi connectivity index (χ0v) is 18.5. The molecule has 0 aliphatic carbocycles. The molecule has 1 N–H and O–H groups in total. The van der Waals surface area contributed by atoms with Gasteiger partial charge in [-0.2, -0.15) is 0 Å². The fourth-order valence-electron chi connectivity index (χ4n) is 4.80. The molecule has 30 heavy (non-hydrogen) atoms. The van der Waals surface area contributed by atoms with Crippen LogP contribution in [0, 0.1) is 0 Å². The molecule has 1 unspecified atom stereocenters. The van der Waals surface area contributed by atoms with Gasteiger partial charge in [0.1, 0.15) is 5.75 Å². The lowest BCUT2D eigenvalue weighted by Gasteiger charge is -2.39. The summed E-state index contributed by atoms with van der Waals surface area (Å²) in [7, 11) is -3.15. The van der Waals surface area contributed by atoms with Gasteiger partial charge < -0.3 is 4.74 Å². The monoisotopic (exact) mass is 443 g/mol. The minimum absolute atomic E-state index is 0.0679. The van der Waals surface area contributed by atoms with Crippen LogP contribution in [0.1, 0.15) is 31.2 Å². The first-order valence-corrected chi connectivity index (χ1v) is 13.0. The molecule has 3 heterocycles. The average molecular weight is 444 g/mol. The summed E-state index contributed by atoms with van der Waals surface area (Å²) in [6, 6.07) is 17.2. The van der Waals surface area contributed by atoms with Crippen molar-refractivity contribution in [3.8, 4) is 10.9 Å². The van der Waals surface area contributed by atoms with Crippen molar-refractivity contribution < 1.29 is 13.2 Å². The molecule has 2 saturated heterocycles. The Morgan fingerprint density at radius 2 is 1.80 bits per heavy atom. The van der Waals surface area contributed by atoms with Gasteiger partial charge in [-0.05, 0) is 55.5 Å². The van der Waals surface area contributed by atoms with E-state index in [4.69, 9.17) is 4.74 Å². The molecule has 5 rings (SSSR count). The highest BCUT2D eigenvalue weighted by Gasteiger charge is 2.41. The van der Waals surface area contributed by atoms with Crippen LogP contribution in [0.15, 0.2) is 48.5 Å². The zero-order chi connectivity index (χ0) is 20.7. The Hall–Kier alpha value is -2.00. The summed E-state index contributed by atoms with van der Waals surface area (Å²) in [6.45, 7) is 0.891. The van der Waals surface area contributed by atoms with E-state index >= 15 is 0 Å². The van der Waals surface area contributed by atoms with Gasteiger partial charge in [0.05, 0.1) is 16.5 Å². The summed E-state index contributed by atoms with van der Waals surface area (Å²) >= 11 is 1.55. The van der Waals surface area contributed by atoms with Gasteiger partial charge in [-0.3, -0.25) is 4.90 Å². The maximum absolute atomic E-state index is 11.6. The van der Waals surface area contributed by atoms with Crippen LogP contribution in [-0.2, 0) is 16.6 Å². The predicted octanol–water partition coefficient (Wildman–Crippen LogP) is 4.13. The predicted molar refractivity (Wildman–Crippen MR) is 119 cm³/mol. The molecule has 3 aromatic rings. The summed E-state index contributed by atoms with van der Waals surface area (Å²) in [5.74, 6) is 0.789. The number of benzene rings is 2. The van der Waals surface area contributed by atoms with Crippen LogP contribution >= 0.6 is 11.3 Å². The topological polar surface area (TPSA) is 71.5 Å². The normalized spacial score (nSPS) is 24.4. The minimum atomic E-state index is -3.15. The molecule has 0 radical (unpaired) electrons. The van der Waals surface area contributed by atoms with E-state index < -0.39 is 10.0 Å². The third kappa shape index (κ3) is 4.37. The van der Waals surface area contributed by atoms with E-state index in [1.54, 1.807) is 11.3 Å². The maximum Gasteiger partial charge on any atom is 0.279 e. The van der Waals surface area contributed by atoms with E-state index in [0.717, 1.165) is 48.2 Å². The molecule has 2 aliphatic heterocycles. The molecule has 6 nitrogen and oxygen atoms in total. The van der Waals surface area contributed by atoms with Crippen molar-refractivity contribution in [1.29, 1.82) is 0 Å². The molecule has 2 aliphatic rings. The number of fused-ring (bicyclic) bond motifs is 3. The summed E-state index contributed by atoms with van der Waals surface area (Å²) in [5, 5.41) is 0.655. The van der Waals surface area contributed by atoms with Crippen molar-refractivity contribution in [3.05, 3.63) is 54.1 Å². The van der Waals surface area contributed by atoms with Crippen LogP contribution < -0.4 is 9.46 Å². The van der Waals surface area contributed by atoms with Gasteiger partial charge in [-0.1, -0.05) is 35.6 Å². The molecular weight excluding hydrogens is 418 g/mol. The largest absolute Gasteiger partial charge is 0.431 e. The molecule has 2 aromatic carbocycles. The van der Waals surface area contributed by atoms with Crippen LogP contribution in [0.4, 0.5) is 0 Å². The third-order valence-electron chi connectivity index (χ3n) is 6.03. The van der Waals surface area contributed by atoms with E-state index in [1.165, 1.54) is 11.8 Å². The second-order valence-corrected chi connectivity index (χ2v) is 11.1. The van der Waals surface area contributed by atoms with Gasteiger partial charge in [0.15, 0.2) is 0 Å². The molecule has 2 bridgehead atoms. The highest BCUT2D eigenvalue weighted by Crippen LogP contribution is 2.37. The molecular formula is C22H25N3O3S2. The molecule has 2 fully saturated rings. The minimum Gasteiger partial charge on any atom is -0.431 e. The molecule has 0 saturated carbocycles. The molecule has 158 valence electrons. The van der Waals surface area contributed by atoms with Crippen LogP contribution in [-0.4, -0.2) is 42.7 Å². The van der Waals surface area contributed by atoms with Crippen molar-refractivity contribution in [2.75, 3.05) is 6.26 Å². The lowest BCUT2D eigenvalue weighted by Crippen LogP contribution is -2.49. The van der Waals surface area contributed by atoms with Gasteiger partial charge >= 0.3 is 0 Å². The lowest BCUT2D eigenvalue weighted by atomic mass is 9.97. The number of hydrogen-bond acceptors (Lipinski definition) is 6. The first-order chi connectivity index (χ1) is 14.4. The first-order valence-electron chi connectivity index (χ1n) is 10.3. The number of rotatable bonds is 6. The Morgan fingerprint density at radius 3 is 2.47 bits per heavy atom. The third-order valence-corrected chi connectivity index (χ3v) is 7.71. The standard InChI is InChI=1S/C22H25N3O3S2/c1-30(26,27)24-16-12-17-8-9-18(13-16)25(17)14-15-6-10-19(11-7-15)28-22-23-20-4-2-3-5-21(20)29-22/h2-7,10-11,16-18,24H,8-9,12-14H2,1H3/t16-,17+,18?/m1/s1. The molecule has 3 atom stereocenters. The van der Waals surface area contributed by atoms with Crippen molar-refractivity contribution >= 4 is 31.6 Å². The van der Waals surface area contributed by atoms with Crippen molar-refractivity contribution in [2.45, 2.75) is 50.4 Å². The Balaban J connectivity index is 1.22. The van der Waals surface area contributed by atoms with Gasteiger partial charge in [-0.25, -0.2) is 18.1 Å². The van der Waals surface area contributed by atoms with Crippen molar-refractivity contribution in [3.63, 3.8) is 0 Å². The summed E-state index contributed by atoms with van der Waals surface area (Å²) in [4.78, 5) is 7.07. The number of ether oxygens (including phenoxy) is 1. The van der Waals surface area contributed by atoms with Crippen molar-refractivity contribution in [1.82, 2.24) is 14.6 Å². The van der Waals surface area contributed by atoms with E-state index in [2.05, 4.69) is 26.7 Å². The fourth-order valence-corrected chi connectivity index (χ4v) is 6.43. The number of para-hydroxylation sites is 1. The Kier molecular flexibility index (Phi) is 5.26. The van der Waals surface area contributed by atoms with Gasteiger partial charge in [0.2, 0.25) is 10.0 Å². The van der Waals surface area contributed by atoms with Gasteiger partial charge in [-0.15, -0.1) is 0 Å².